The summed E-state index contributed by atoms with van der Waals surface area (Å²) in [5.74, 6) is -0.0213. The van der Waals surface area contributed by atoms with E-state index in [2.05, 4.69) is 10.2 Å². The van der Waals surface area contributed by atoms with E-state index in [0.717, 1.165) is 13.1 Å². The van der Waals surface area contributed by atoms with Crippen molar-refractivity contribution in [2.75, 3.05) is 31.6 Å². The van der Waals surface area contributed by atoms with Crippen LogP contribution in [0.1, 0.15) is 24.2 Å². The number of hydrogen-bond acceptors (Lipinski definition) is 4. The Hall–Kier alpha value is -1.72. The molecule has 0 saturated carbocycles. The van der Waals surface area contributed by atoms with Crippen molar-refractivity contribution >= 4 is 17.4 Å². The van der Waals surface area contributed by atoms with Crippen molar-refractivity contribution in [1.29, 1.82) is 0 Å². The van der Waals surface area contributed by atoms with Gasteiger partial charge in [-0.2, -0.15) is 0 Å². The van der Waals surface area contributed by atoms with Gasteiger partial charge in [0.25, 0.3) is 0 Å². The van der Waals surface area contributed by atoms with Crippen molar-refractivity contribution in [3.8, 4) is 0 Å². The Labute approximate surface area is 118 Å². The van der Waals surface area contributed by atoms with Crippen molar-refractivity contribution in [2.45, 2.75) is 19.9 Å². The molecule has 1 amide bonds. The molecule has 1 aromatic carbocycles. The van der Waals surface area contributed by atoms with E-state index in [1.807, 2.05) is 6.92 Å². The summed E-state index contributed by atoms with van der Waals surface area (Å²) < 4.78 is 5.29. The Morgan fingerprint density at radius 2 is 1.80 bits per heavy atom. The van der Waals surface area contributed by atoms with Crippen LogP contribution in [0.4, 0.5) is 5.69 Å². The highest BCUT2D eigenvalue weighted by molar-refractivity contribution is 6.00. The second kappa shape index (κ2) is 6.63. The van der Waals surface area contributed by atoms with E-state index in [0.29, 0.717) is 24.5 Å². The molecule has 0 spiro atoms. The van der Waals surface area contributed by atoms with E-state index in [1.165, 1.54) is 6.92 Å². The minimum Gasteiger partial charge on any atom is -0.379 e. The van der Waals surface area contributed by atoms with Crippen LogP contribution < -0.4 is 5.32 Å². The predicted molar refractivity (Wildman–Crippen MR) is 76.9 cm³/mol. The molecule has 1 saturated heterocycles. The summed E-state index contributed by atoms with van der Waals surface area (Å²) >= 11 is 0. The summed E-state index contributed by atoms with van der Waals surface area (Å²) in [7, 11) is 0. The number of amides is 1. The average molecular weight is 276 g/mol. The number of nitrogens with zero attached hydrogens (tertiary/aromatic N) is 1. The molecule has 1 aliphatic rings. The zero-order valence-electron chi connectivity index (χ0n) is 11.9. The molecule has 1 aliphatic heterocycles. The number of ketones is 1. The van der Waals surface area contributed by atoms with Gasteiger partial charge in [0.1, 0.15) is 0 Å². The van der Waals surface area contributed by atoms with Crippen molar-refractivity contribution in [3.63, 3.8) is 0 Å². The molecule has 1 aromatic rings. The fourth-order valence-corrected chi connectivity index (χ4v) is 2.29. The van der Waals surface area contributed by atoms with Gasteiger partial charge in [-0.1, -0.05) is 0 Å². The highest BCUT2D eigenvalue weighted by Gasteiger charge is 2.23. The maximum Gasteiger partial charge on any atom is 0.221 e. The monoisotopic (exact) mass is 276 g/mol. The van der Waals surface area contributed by atoms with Gasteiger partial charge >= 0.3 is 0 Å². The Morgan fingerprint density at radius 3 is 2.35 bits per heavy atom. The molecule has 0 bridgehead atoms. The number of carbonyl (C=O) groups is 2. The van der Waals surface area contributed by atoms with Crippen molar-refractivity contribution in [2.24, 2.45) is 0 Å². The molecule has 0 aliphatic carbocycles. The topological polar surface area (TPSA) is 58.6 Å². The molecule has 1 N–H and O–H groups in total. The van der Waals surface area contributed by atoms with E-state index in [1.54, 1.807) is 24.3 Å². The van der Waals surface area contributed by atoms with Gasteiger partial charge < -0.3 is 10.1 Å². The van der Waals surface area contributed by atoms with Crippen LogP contribution in [-0.4, -0.2) is 48.9 Å². The lowest BCUT2D eigenvalue weighted by Gasteiger charge is -2.31. The normalized spacial score (nSPS) is 17.5. The SMILES string of the molecule is CC(=O)Nc1ccc(C(=O)C(C)N2CCOCC2)cc1. The zero-order chi connectivity index (χ0) is 14.5. The fourth-order valence-electron chi connectivity index (χ4n) is 2.29. The average Bonchev–Trinajstić information content (AvgIpc) is 2.47. The number of hydrogen-bond donors (Lipinski definition) is 1. The standard InChI is InChI=1S/C15H20N2O3/c1-11(17-7-9-20-10-8-17)15(19)13-3-5-14(6-4-13)16-12(2)18/h3-6,11H,7-10H2,1-2H3,(H,16,18). The number of carbonyl (C=O) groups excluding carboxylic acids is 2. The molecular weight excluding hydrogens is 256 g/mol. The van der Waals surface area contributed by atoms with Gasteiger partial charge in [0, 0.05) is 31.3 Å². The molecule has 1 fully saturated rings. The number of benzene rings is 1. The van der Waals surface area contributed by atoms with Crippen LogP contribution in [0.15, 0.2) is 24.3 Å². The first-order valence-electron chi connectivity index (χ1n) is 6.81. The van der Waals surface area contributed by atoms with Gasteiger partial charge in [-0.3, -0.25) is 14.5 Å². The van der Waals surface area contributed by atoms with Gasteiger partial charge in [0.05, 0.1) is 19.3 Å². The first-order valence-corrected chi connectivity index (χ1v) is 6.81. The number of Topliss-reactive ketones (excluding diaryl/α,β-unsaturated/α-hetero) is 1. The maximum atomic E-state index is 12.4. The van der Waals surface area contributed by atoms with Gasteiger partial charge in [-0.05, 0) is 31.2 Å². The fraction of sp³-hybridized carbons (Fsp3) is 0.467. The third kappa shape index (κ3) is 3.65. The van der Waals surface area contributed by atoms with Gasteiger partial charge in [-0.25, -0.2) is 0 Å². The third-order valence-electron chi connectivity index (χ3n) is 3.46. The van der Waals surface area contributed by atoms with Crippen molar-refractivity contribution in [1.82, 2.24) is 4.90 Å². The molecule has 5 nitrogen and oxygen atoms in total. The quantitative estimate of drug-likeness (QED) is 0.848. The molecule has 1 heterocycles. The second-order valence-corrected chi connectivity index (χ2v) is 4.95. The summed E-state index contributed by atoms with van der Waals surface area (Å²) in [6.07, 6.45) is 0. The van der Waals surface area contributed by atoms with Crippen molar-refractivity contribution in [3.05, 3.63) is 29.8 Å². The molecule has 108 valence electrons. The second-order valence-electron chi connectivity index (χ2n) is 4.95. The molecule has 5 heteroatoms. The molecular formula is C15H20N2O3. The lowest BCUT2D eigenvalue weighted by molar-refractivity contribution is -0.114. The van der Waals surface area contributed by atoms with Crippen molar-refractivity contribution < 1.29 is 14.3 Å². The highest BCUT2D eigenvalue weighted by Crippen LogP contribution is 2.14. The number of rotatable bonds is 4. The van der Waals surface area contributed by atoms with Gasteiger partial charge in [0.2, 0.25) is 5.91 Å². The number of anilines is 1. The van der Waals surface area contributed by atoms with E-state index in [-0.39, 0.29) is 17.7 Å². The summed E-state index contributed by atoms with van der Waals surface area (Å²) in [5, 5.41) is 2.69. The number of morpholine rings is 1. The first kappa shape index (κ1) is 14.7. The lowest BCUT2D eigenvalue weighted by atomic mass is 10.0. The minimum absolute atomic E-state index is 0.0984. The summed E-state index contributed by atoms with van der Waals surface area (Å²) in [4.78, 5) is 25.5. The first-order chi connectivity index (χ1) is 9.58. The Balaban J connectivity index is 2.02. The molecule has 2 rings (SSSR count). The van der Waals surface area contributed by atoms with Crippen LogP contribution in [0.2, 0.25) is 0 Å². The maximum absolute atomic E-state index is 12.4. The Bertz CT molecular complexity index is 478. The van der Waals surface area contributed by atoms with Gasteiger partial charge in [0.15, 0.2) is 5.78 Å². The van der Waals surface area contributed by atoms with Crippen LogP contribution in [0, 0.1) is 0 Å². The number of ether oxygens (including phenoxy) is 1. The predicted octanol–water partition coefficient (Wildman–Crippen LogP) is 1.55. The smallest absolute Gasteiger partial charge is 0.221 e. The molecule has 20 heavy (non-hydrogen) atoms. The lowest BCUT2D eigenvalue weighted by Crippen LogP contribution is -2.45. The molecule has 0 aromatic heterocycles. The van der Waals surface area contributed by atoms with Crippen LogP contribution in [-0.2, 0) is 9.53 Å². The van der Waals surface area contributed by atoms with E-state index >= 15 is 0 Å². The molecule has 1 atom stereocenters. The molecule has 1 unspecified atom stereocenters. The summed E-state index contributed by atoms with van der Waals surface area (Å²) in [6, 6.07) is 6.86. The zero-order valence-corrected chi connectivity index (χ0v) is 11.9. The Morgan fingerprint density at radius 1 is 1.20 bits per heavy atom. The largest absolute Gasteiger partial charge is 0.379 e. The number of nitrogens with one attached hydrogen (secondary N) is 1. The highest BCUT2D eigenvalue weighted by atomic mass is 16.5. The van der Waals surface area contributed by atoms with Crippen LogP contribution in [0.3, 0.4) is 0 Å². The Kier molecular flexibility index (Phi) is 4.87. The summed E-state index contributed by atoms with van der Waals surface area (Å²) in [6.45, 7) is 6.32. The van der Waals surface area contributed by atoms with E-state index in [9.17, 15) is 9.59 Å². The van der Waals surface area contributed by atoms with Crippen LogP contribution in [0.5, 0.6) is 0 Å². The van der Waals surface area contributed by atoms with E-state index in [4.69, 9.17) is 4.74 Å². The summed E-state index contributed by atoms with van der Waals surface area (Å²) in [5.41, 5.74) is 1.37. The third-order valence-corrected chi connectivity index (χ3v) is 3.46. The van der Waals surface area contributed by atoms with Crippen LogP contribution in [0.25, 0.3) is 0 Å². The molecule has 0 radical (unpaired) electrons. The van der Waals surface area contributed by atoms with Gasteiger partial charge in [-0.15, -0.1) is 0 Å². The minimum atomic E-state index is -0.148. The van der Waals surface area contributed by atoms with Crippen LogP contribution >= 0.6 is 0 Å². The van der Waals surface area contributed by atoms with E-state index < -0.39 is 0 Å².